The van der Waals surface area contributed by atoms with Crippen LogP contribution in [0, 0.1) is 5.92 Å². The maximum absolute atomic E-state index is 11.7. The molecule has 1 aromatic carbocycles. The lowest BCUT2D eigenvalue weighted by atomic mass is 9.77. The standard InChI is InChI=1S/C14H16ClN3O2S/c1-9(2)8-18-13(16-17-14(18)21(15,19)20)12-7-10-5-3-4-6-11(10)12/h3-6,9,12H,7-8H2,1-2H3. The number of hydrogen-bond donors (Lipinski definition) is 0. The molecule has 1 atom stereocenters. The Labute approximate surface area is 128 Å². The third-order valence-corrected chi connectivity index (χ3v) is 4.83. The van der Waals surface area contributed by atoms with Gasteiger partial charge in [0.25, 0.3) is 14.2 Å². The molecule has 5 nitrogen and oxygen atoms in total. The van der Waals surface area contributed by atoms with Crippen molar-refractivity contribution in [3.63, 3.8) is 0 Å². The average Bonchev–Trinajstić information content (AvgIpc) is 2.73. The summed E-state index contributed by atoms with van der Waals surface area (Å²) < 4.78 is 25.0. The van der Waals surface area contributed by atoms with E-state index in [0.717, 1.165) is 6.42 Å². The lowest BCUT2D eigenvalue weighted by Gasteiger charge is -2.29. The third kappa shape index (κ3) is 2.58. The van der Waals surface area contributed by atoms with Gasteiger partial charge in [-0.05, 0) is 23.5 Å². The lowest BCUT2D eigenvalue weighted by Crippen LogP contribution is -2.23. The topological polar surface area (TPSA) is 64.8 Å². The molecule has 2 aromatic rings. The summed E-state index contributed by atoms with van der Waals surface area (Å²) in [6.45, 7) is 4.56. The summed E-state index contributed by atoms with van der Waals surface area (Å²) in [7, 11) is 1.58. The molecule has 0 amide bonds. The summed E-state index contributed by atoms with van der Waals surface area (Å²) in [5.74, 6) is 1.05. The first-order valence-corrected chi connectivity index (χ1v) is 9.14. The van der Waals surface area contributed by atoms with Gasteiger partial charge >= 0.3 is 0 Å². The quantitative estimate of drug-likeness (QED) is 0.810. The molecule has 0 radical (unpaired) electrons. The highest BCUT2D eigenvalue weighted by Crippen LogP contribution is 2.39. The first kappa shape index (κ1) is 14.5. The van der Waals surface area contributed by atoms with Crippen molar-refractivity contribution in [1.29, 1.82) is 0 Å². The smallest absolute Gasteiger partial charge is 0.296 e. The Kier molecular flexibility index (Phi) is 3.53. The largest absolute Gasteiger partial charge is 0.300 e. The minimum Gasteiger partial charge on any atom is -0.300 e. The highest BCUT2D eigenvalue weighted by molar-refractivity contribution is 8.13. The summed E-state index contributed by atoms with van der Waals surface area (Å²) >= 11 is 0. The van der Waals surface area contributed by atoms with Gasteiger partial charge in [-0.25, -0.2) is 8.42 Å². The second-order valence-electron chi connectivity index (χ2n) is 5.74. The lowest BCUT2D eigenvalue weighted by molar-refractivity contribution is 0.458. The van der Waals surface area contributed by atoms with E-state index in [9.17, 15) is 8.42 Å². The van der Waals surface area contributed by atoms with Crippen LogP contribution in [0.25, 0.3) is 0 Å². The Bertz CT molecular complexity index is 783. The monoisotopic (exact) mass is 325 g/mol. The fourth-order valence-corrected chi connectivity index (χ4v) is 3.68. The van der Waals surface area contributed by atoms with E-state index in [1.54, 1.807) is 4.57 Å². The molecule has 0 fully saturated rings. The van der Waals surface area contributed by atoms with E-state index >= 15 is 0 Å². The summed E-state index contributed by atoms with van der Waals surface area (Å²) in [5.41, 5.74) is 2.46. The maximum atomic E-state index is 11.7. The zero-order valence-electron chi connectivity index (χ0n) is 11.8. The van der Waals surface area contributed by atoms with E-state index in [0.29, 0.717) is 12.4 Å². The van der Waals surface area contributed by atoms with Crippen LogP contribution in [0.5, 0.6) is 0 Å². The van der Waals surface area contributed by atoms with Crippen LogP contribution in [0.2, 0.25) is 0 Å². The van der Waals surface area contributed by atoms with Gasteiger partial charge in [-0.2, -0.15) is 0 Å². The second kappa shape index (κ2) is 5.10. The highest BCUT2D eigenvalue weighted by Gasteiger charge is 2.34. The second-order valence-corrected chi connectivity index (χ2v) is 8.20. The van der Waals surface area contributed by atoms with Gasteiger partial charge in [0.2, 0.25) is 0 Å². The number of halogens is 1. The minimum absolute atomic E-state index is 0.0969. The number of rotatable bonds is 4. The van der Waals surface area contributed by atoms with Crippen LogP contribution in [0.4, 0.5) is 0 Å². The molecule has 1 heterocycles. The van der Waals surface area contributed by atoms with Crippen LogP contribution in [0.3, 0.4) is 0 Å². The molecule has 0 saturated carbocycles. The molecule has 0 N–H and O–H groups in total. The Morgan fingerprint density at radius 2 is 2.05 bits per heavy atom. The molecular weight excluding hydrogens is 310 g/mol. The van der Waals surface area contributed by atoms with Crippen molar-refractivity contribution >= 4 is 19.7 Å². The van der Waals surface area contributed by atoms with E-state index in [4.69, 9.17) is 10.7 Å². The zero-order chi connectivity index (χ0) is 15.2. The molecule has 21 heavy (non-hydrogen) atoms. The van der Waals surface area contributed by atoms with Gasteiger partial charge in [0, 0.05) is 23.1 Å². The molecule has 0 spiro atoms. The summed E-state index contributed by atoms with van der Waals surface area (Å²) in [6, 6.07) is 8.11. The van der Waals surface area contributed by atoms with E-state index in [-0.39, 0.29) is 17.0 Å². The predicted octanol–water partition coefficient (Wildman–Crippen LogP) is 2.55. The first-order valence-electron chi connectivity index (χ1n) is 6.83. The molecule has 0 aliphatic heterocycles. The summed E-state index contributed by atoms with van der Waals surface area (Å²) in [5, 5.41) is 7.76. The molecule has 1 unspecified atom stereocenters. The summed E-state index contributed by atoms with van der Waals surface area (Å²) in [6.07, 6.45) is 0.856. The minimum atomic E-state index is -3.89. The van der Waals surface area contributed by atoms with Crippen LogP contribution in [0.1, 0.15) is 36.7 Å². The van der Waals surface area contributed by atoms with Crippen LogP contribution in [0.15, 0.2) is 29.4 Å². The molecule has 1 aliphatic rings. The molecule has 0 saturated heterocycles. The number of nitrogens with zero attached hydrogens (tertiary/aromatic N) is 3. The van der Waals surface area contributed by atoms with Gasteiger partial charge in [0.15, 0.2) is 0 Å². The Morgan fingerprint density at radius 1 is 1.33 bits per heavy atom. The average molecular weight is 326 g/mol. The third-order valence-electron chi connectivity index (χ3n) is 3.68. The van der Waals surface area contributed by atoms with Crippen LogP contribution >= 0.6 is 10.7 Å². The summed E-state index contributed by atoms with van der Waals surface area (Å²) in [4.78, 5) is 0. The van der Waals surface area contributed by atoms with Crippen molar-refractivity contribution in [2.45, 2.75) is 37.9 Å². The number of fused-ring (bicyclic) bond motifs is 1. The van der Waals surface area contributed by atoms with Crippen molar-refractivity contribution in [2.24, 2.45) is 5.92 Å². The molecule has 7 heteroatoms. The normalized spacial score (nSPS) is 17.6. The molecule has 1 aromatic heterocycles. The van der Waals surface area contributed by atoms with E-state index in [1.165, 1.54) is 11.1 Å². The number of aromatic nitrogens is 3. The van der Waals surface area contributed by atoms with Gasteiger partial charge < -0.3 is 4.57 Å². The molecular formula is C14H16ClN3O2S. The fourth-order valence-electron chi connectivity index (χ4n) is 2.76. The van der Waals surface area contributed by atoms with Crippen molar-refractivity contribution in [1.82, 2.24) is 14.8 Å². The van der Waals surface area contributed by atoms with Crippen LogP contribution in [-0.2, 0) is 22.0 Å². The Morgan fingerprint density at radius 3 is 2.67 bits per heavy atom. The maximum Gasteiger partial charge on any atom is 0.296 e. The highest BCUT2D eigenvalue weighted by atomic mass is 35.7. The Balaban J connectivity index is 2.06. The van der Waals surface area contributed by atoms with Gasteiger partial charge in [-0.1, -0.05) is 38.1 Å². The molecule has 112 valence electrons. The van der Waals surface area contributed by atoms with Crippen molar-refractivity contribution < 1.29 is 8.42 Å². The van der Waals surface area contributed by atoms with E-state index in [1.807, 2.05) is 32.0 Å². The SMILES string of the molecule is CC(C)Cn1c(C2Cc3ccccc32)nnc1S(=O)(=O)Cl. The molecule has 3 rings (SSSR count). The van der Waals surface area contributed by atoms with E-state index < -0.39 is 9.05 Å². The van der Waals surface area contributed by atoms with Gasteiger partial charge in [-0.15, -0.1) is 10.2 Å². The number of hydrogen-bond acceptors (Lipinski definition) is 4. The first-order chi connectivity index (χ1) is 9.88. The van der Waals surface area contributed by atoms with Gasteiger partial charge in [0.1, 0.15) is 5.82 Å². The van der Waals surface area contributed by atoms with Crippen LogP contribution in [-0.4, -0.2) is 23.2 Å². The van der Waals surface area contributed by atoms with Gasteiger partial charge in [-0.3, -0.25) is 0 Å². The van der Waals surface area contributed by atoms with Gasteiger partial charge in [0.05, 0.1) is 0 Å². The number of benzene rings is 1. The fraction of sp³-hybridized carbons (Fsp3) is 0.429. The molecule has 0 bridgehead atoms. The van der Waals surface area contributed by atoms with Crippen molar-refractivity contribution in [2.75, 3.05) is 0 Å². The van der Waals surface area contributed by atoms with Crippen molar-refractivity contribution in [3.05, 3.63) is 41.2 Å². The van der Waals surface area contributed by atoms with Crippen molar-refractivity contribution in [3.8, 4) is 0 Å². The zero-order valence-corrected chi connectivity index (χ0v) is 13.4. The Hall–Kier alpha value is -1.40. The van der Waals surface area contributed by atoms with Crippen LogP contribution < -0.4 is 0 Å². The van der Waals surface area contributed by atoms with E-state index in [2.05, 4.69) is 16.3 Å². The molecule has 1 aliphatic carbocycles. The predicted molar refractivity (Wildman–Crippen MR) is 79.9 cm³/mol.